The van der Waals surface area contributed by atoms with Crippen LogP contribution in [0.4, 0.5) is 5.13 Å². The first kappa shape index (κ1) is 25.1. The molecule has 4 aromatic rings. The van der Waals surface area contributed by atoms with Crippen molar-refractivity contribution in [2.45, 2.75) is 13.0 Å². The molecule has 1 aliphatic heterocycles. The molecule has 0 bridgehead atoms. The fourth-order valence-electron chi connectivity index (χ4n) is 3.71. The molecule has 5 rings (SSSR count). The fourth-order valence-corrected chi connectivity index (χ4v) is 4.80. The Morgan fingerprint density at radius 1 is 1.00 bits per heavy atom. The van der Waals surface area contributed by atoms with E-state index < -0.39 is 35.4 Å². The third-order valence-electron chi connectivity index (χ3n) is 5.31. The molecule has 3 heterocycles. The van der Waals surface area contributed by atoms with Crippen LogP contribution < -0.4 is 4.90 Å². The number of amides is 1. The molecule has 2 aromatic heterocycles. The maximum atomic E-state index is 13.2. The summed E-state index contributed by atoms with van der Waals surface area (Å²) in [6.07, 6.45) is 1.35. The zero-order chi connectivity index (χ0) is 26.9. The lowest BCUT2D eigenvalue weighted by Gasteiger charge is -2.24. The number of aromatic nitrogens is 1. The van der Waals surface area contributed by atoms with Crippen LogP contribution in [0, 0.1) is 6.92 Å². The molecule has 4 N–H and O–H groups in total. The standard InChI is InChI=1S/C23H16N2O5S.C2H2O4/c1-12-7-8-15-17(10-12)31-23(24-15)25-19(13-4-2-5-14(26)11-13)18(21(28)22(25)29)20(27)16-6-3-9-30-16;3-1(4)2(5)6/h2-11,19,26,28H,1H3;(H,3,4)(H,5,6). The van der Waals surface area contributed by atoms with E-state index in [1.54, 1.807) is 18.2 Å². The number of aryl methyl sites for hydroxylation is 1. The van der Waals surface area contributed by atoms with Gasteiger partial charge in [0.05, 0.1) is 28.1 Å². The van der Waals surface area contributed by atoms with E-state index in [0.717, 1.165) is 10.3 Å². The Kier molecular flexibility index (Phi) is 6.76. The van der Waals surface area contributed by atoms with Gasteiger partial charge in [0.25, 0.3) is 5.91 Å². The molecule has 0 saturated heterocycles. The number of carboxylic acids is 2. The number of benzene rings is 2. The maximum absolute atomic E-state index is 13.2. The highest BCUT2D eigenvalue weighted by molar-refractivity contribution is 7.22. The van der Waals surface area contributed by atoms with Crippen molar-refractivity contribution in [3.63, 3.8) is 0 Å². The van der Waals surface area contributed by atoms with Gasteiger partial charge in [0.2, 0.25) is 5.78 Å². The Morgan fingerprint density at radius 3 is 2.35 bits per heavy atom. The number of carbonyl (C=O) groups is 4. The van der Waals surface area contributed by atoms with E-state index in [1.165, 1.54) is 40.7 Å². The van der Waals surface area contributed by atoms with E-state index in [9.17, 15) is 19.8 Å². The number of aromatic hydroxyl groups is 1. The van der Waals surface area contributed by atoms with Crippen molar-refractivity contribution in [1.82, 2.24) is 4.98 Å². The van der Waals surface area contributed by atoms with Crippen molar-refractivity contribution in [2.24, 2.45) is 0 Å². The lowest BCUT2D eigenvalue weighted by atomic mass is 9.95. The fraction of sp³-hybridized carbons (Fsp3) is 0.0800. The second-order valence-corrected chi connectivity index (χ2v) is 8.83. The number of fused-ring (bicyclic) bond motifs is 1. The van der Waals surface area contributed by atoms with Crippen LogP contribution in [0.2, 0.25) is 0 Å². The zero-order valence-corrected chi connectivity index (χ0v) is 19.8. The van der Waals surface area contributed by atoms with Gasteiger partial charge in [-0.2, -0.15) is 0 Å². The van der Waals surface area contributed by atoms with Crippen LogP contribution in [-0.2, 0) is 14.4 Å². The van der Waals surface area contributed by atoms with Gasteiger partial charge >= 0.3 is 11.9 Å². The molecule has 1 aliphatic rings. The van der Waals surface area contributed by atoms with E-state index in [4.69, 9.17) is 24.2 Å². The van der Waals surface area contributed by atoms with Gasteiger partial charge in [-0.15, -0.1) is 0 Å². The first-order valence-electron chi connectivity index (χ1n) is 10.6. The number of carbonyl (C=O) groups excluding carboxylic acids is 2. The van der Waals surface area contributed by atoms with Crippen molar-refractivity contribution in [2.75, 3.05) is 4.90 Å². The summed E-state index contributed by atoms with van der Waals surface area (Å²) in [6, 6.07) is 14.0. The number of aliphatic hydroxyl groups excluding tert-OH is 1. The van der Waals surface area contributed by atoms with Crippen molar-refractivity contribution >= 4 is 50.3 Å². The van der Waals surface area contributed by atoms with Crippen molar-refractivity contribution < 1.29 is 44.0 Å². The maximum Gasteiger partial charge on any atom is 0.414 e. The summed E-state index contributed by atoms with van der Waals surface area (Å²) in [7, 11) is 0. The molecule has 0 fully saturated rings. The van der Waals surface area contributed by atoms with Crippen LogP contribution in [0.3, 0.4) is 0 Å². The van der Waals surface area contributed by atoms with Crippen LogP contribution >= 0.6 is 11.3 Å². The van der Waals surface area contributed by atoms with Crippen molar-refractivity contribution in [1.29, 1.82) is 0 Å². The van der Waals surface area contributed by atoms with Gasteiger partial charge in [0, 0.05) is 0 Å². The third-order valence-corrected chi connectivity index (χ3v) is 6.32. The number of nitrogens with zero attached hydrogens (tertiary/aromatic N) is 2. The molecule has 1 unspecified atom stereocenters. The Balaban J connectivity index is 0.000000480. The number of aliphatic hydroxyl groups is 1. The molecule has 12 heteroatoms. The van der Waals surface area contributed by atoms with Gasteiger partial charge in [-0.25, -0.2) is 14.6 Å². The molecule has 1 atom stereocenters. The van der Waals surface area contributed by atoms with E-state index in [-0.39, 0.29) is 17.1 Å². The van der Waals surface area contributed by atoms with E-state index in [1.807, 2.05) is 25.1 Å². The van der Waals surface area contributed by atoms with Crippen molar-refractivity contribution in [3.05, 3.63) is 89.1 Å². The predicted molar refractivity (Wildman–Crippen MR) is 131 cm³/mol. The second-order valence-electron chi connectivity index (χ2n) is 7.82. The summed E-state index contributed by atoms with van der Waals surface area (Å²) in [5.74, 6) is -5.68. The SMILES string of the molecule is Cc1ccc2nc(N3C(=O)C(O)=C(C(=O)c4ccco4)C3c3cccc(O)c3)sc2c1.O=C(O)C(=O)O. The number of phenolic OH excluding ortho intramolecular Hbond substituents is 1. The van der Waals surface area contributed by atoms with Crippen LogP contribution in [0.1, 0.15) is 27.7 Å². The van der Waals surface area contributed by atoms with E-state index in [2.05, 4.69) is 4.98 Å². The molecule has 0 saturated carbocycles. The first-order chi connectivity index (χ1) is 17.6. The van der Waals surface area contributed by atoms with Gasteiger partial charge in [0.15, 0.2) is 16.7 Å². The van der Waals surface area contributed by atoms with Gasteiger partial charge in [-0.1, -0.05) is 29.5 Å². The first-order valence-corrected chi connectivity index (χ1v) is 11.4. The highest BCUT2D eigenvalue weighted by Crippen LogP contribution is 2.44. The van der Waals surface area contributed by atoms with Gasteiger partial charge < -0.3 is 24.8 Å². The average molecular weight is 522 g/mol. The van der Waals surface area contributed by atoms with Crippen LogP contribution in [0.5, 0.6) is 5.75 Å². The lowest BCUT2D eigenvalue weighted by molar-refractivity contribution is -0.159. The topological polar surface area (TPSA) is 178 Å². The molecule has 1 amide bonds. The Morgan fingerprint density at radius 2 is 1.73 bits per heavy atom. The molecule has 37 heavy (non-hydrogen) atoms. The minimum absolute atomic E-state index is 0.00118. The minimum Gasteiger partial charge on any atom is -0.508 e. The smallest absolute Gasteiger partial charge is 0.414 e. The monoisotopic (exact) mass is 522 g/mol. The second kappa shape index (κ2) is 9.95. The number of ketones is 1. The Hall–Kier alpha value is -4.97. The summed E-state index contributed by atoms with van der Waals surface area (Å²) in [5, 5.41) is 35.9. The zero-order valence-electron chi connectivity index (χ0n) is 19.0. The molecule has 0 spiro atoms. The van der Waals surface area contributed by atoms with Crippen LogP contribution in [0.25, 0.3) is 10.2 Å². The molecular weight excluding hydrogens is 504 g/mol. The number of hydrogen-bond acceptors (Lipinski definition) is 9. The number of furan rings is 1. The lowest BCUT2D eigenvalue weighted by Crippen LogP contribution is -2.30. The Bertz CT molecular complexity index is 1560. The third kappa shape index (κ3) is 4.90. The van der Waals surface area contributed by atoms with Gasteiger partial charge in [-0.05, 0) is 54.4 Å². The summed E-state index contributed by atoms with van der Waals surface area (Å²) in [4.78, 5) is 50.4. The van der Waals surface area contributed by atoms with E-state index >= 15 is 0 Å². The molecule has 2 aromatic carbocycles. The number of aliphatic carboxylic acids is 2. The Labute approximate surface area is 212 Å². The minimum atomic E-state index is -1.82. The summed E-state index contributed by atoms with van der Waals surface area (Å²) < 4.78 is 6.09. The molecule has 0 radical (unpaired) electrons. The molecular formula is C25H18N2O9S. The van der Waals surface area contributed by atoms with Crippen LogP contribution in [0.15, 0.2) is 76.6 Å². The average Bonchev–Trinajstić information content (AvgIpc) is 3.58. The number of thiazole rings is 1. The number of Topliss-reactive ketones (excluding diaryl/α,β-unsaturated/α-hetero) is 1. The number of phenols is 1. The molecule has 0 aliphatic carbocycles. The predicted octanol–water partition coefficient (Wildman–Crippen LogP) is 3.84. The quantitative estimate of drug-likeness (QED) is 0.227. The summed E-state index contributed by atoms with van der Waals surface area (Å²) in [6.45, 7) is 1.96. The normalized spacial score (nSPS) is 15.0. The number of rotatable bonds is 4. The van der Waals surface area contributed by atoms with Crippen molar-refractivity contribution in [3.8, 4) is 5.75 Å². The number of carboxylic acid groups (broad SMARTS) is 2. The molecule has 188 valence electrons. The van der Waals surface area contributed by atoms with E-state index in [0.29, 0.717) is 16.2 Å². The number of hydrogen-bond donors (Lipinski definition) is 4. The molecule has 11 nitrogen and oxygen atoms in total. The largest absolute Gasteiger partial charge is 0.508 e. The van der Waals surface area contributed by atoms with Gasteiger partial charge in [-0.3, -0.25) is 14.5 Å². The van der Waals surface area contributed by atoms with Gasteiger partial charge in [0.1, 0.15) is 5.75 Å². The summed E-state index contributed by atoms with van der Waals surface area (Å²) >= 11 is 1.29. The number of anilines is 1. The highest BCUT2D eigenvalue weighted by Gasteiger charge is 2.46. The summed E-state index contributed by atoms with van der Waals surface area (Å²) in [5.41, 5.74) is 2.09. The van der Waals surface area contributed by atoms with Crippen LogP contribution in [-0.4, -0.2) is 49.0 Å². The highest BCUT2D eigenvalue weighted by atomic mass is 32.1.